The summed E-state index contributed by atoms with van der Waals surface area (Å²) in [5.41, 5.74) is 9.00. The molecule has 0 spiro atoms. The van der Waals surface area contributed by atoms with Gasteiger partial charge >= 0.3 is 0 Å². The molecule has 1 atom stereocenters. The summed E-state index contributed by atoms with van der Waals surface area (Å²) < 4.78 is 0. The van der Waals surface area contributed by atoms with E-state index in [-0.39, 0.29) is 0 Å². The number of rotatable bonds is 0. The molecule has 2 heteroatoms. The van der Waals surface area contributed by atoms with E-state index < -0.39 is 0 Å². The Balaban J connectivity index is 1.91. The first-order chi connectivity index (χ1) is 10.6. The fraction of sp³-hybridized carbons (Fsp3) is 0.350. The SMILES string of the molecule is C/C1=C\c2[nH]c3cc(C)ccc3c2C=NC2=C1CCC(C)C2. The molecule has 112 valence electrons. The van der Waals surface area contributed by atoms with Crippen molar-refractivity contribution in [3.8, 4) is 0 Å². The van der Waals surface area contributed by atoms with Gasteiger partial charge in [0, 0.05) is 34.1 Å². The highest BCUT2D eigenvalue weighted by molar-refractivity contribution is 6.03. The van der Waals surface area contributed by atoms with Gasteiger partial charge < -0.3 is 4.98 Å². The van der Waals surface area contributed by atoms with Crippen molar-refractivity contribution in [2.75, 3.05) is 0 Å². The van der Waals surface area contributed by atoms with Crippen molar-refractivity contribution in [2.45, 2.75) is 40.0 Å². The first-order valence-electron chi connectivity index (χ1n) is 8.19. The molecule has 0 radical (unpaired) electrons. The zero-order valence-corrected chi connectivity index (χ0v) is 13.5. The highest BCUT2D eigenvalue weighted by Gasteiger charge is 2.20. The molecule has 22 heavy (non-hydrogen) atoms. The lowest BCUT2D eigenvalue weighted by Crippen LogP contribution is -2.09. The number of hydrogen-bond acceptors (Lipinski definition) is 1. The molecule has 1 N–H and O–H groups in total. The standard InChI is InChI=1S/C20H22N2/c1-12-4-6-15-14(3)10-20-17(11-21-18(15)8-12)16-7-5-13(2)9-19(16)22-20/h5,7,9-12,22H,4,6,8H2,1-3H3/b14-10+,15-14?,17-11?,20-10?,21-11?,21-18?. The summed E-state index contributed by atoms with van der Waals surface area (Å²) in [6.45, 7) is 6.69. The maximum atomic E-state index is 4.89. The van der Waals surface area contributed by atoms with Crippen molar-refractivity contribution in [1.29, 1.82) is 0 Å². The number of H-pyrrole nitrogens is 1. The minimum atomic E-state index is 0.744. The number of nitrogens with one attached hydrogen (secondary N) is 1. The number of aliphatic imine (C=N–C) groups is 1. The number of fused-ring (bicyclic) bond motifs is 3. The third-order valence-corrected chi connectivity index (χ3v) is 4.99. The lowest BCUT2D eigenvalue weighted by molar-refractivity contribution is 0.496. The van der Waals surface area contributed by atoms with E-state index in [1.165, 1.54) is 51.0 Å². The molecule has 2 aromatic rings. The molecule has 4 rings (SSSR count). The van der Waals surface area contributed by atoms with Gasteiger partial charge in [0.25, 0.3) is 0 Å². The number of benzene rings is 1. The third-order valence-electron chi connectivity index (χ3n) is 4.99. The topological polar surface area (TPSA) is 28.1 Å². The highest BCUT2D eigenvalue weighted by atomic mass is 14.8. The predicted octanol–water partition coefficient (Wildman–Crippen LogP) is 5.39. The van der Waals surface area contributed by atoms with Gasteiger partial charge in [-0.1, -0.05) is 19.1 Å². The van der Waals surface area contributed by atoms with E-state index >= 15 is 0 Å². The van der Waals surface area contributed by atoms with E-state index in [0.717, 1.165) is 18.8 Å². The fourth-order valence-corrected chi connectivity index (χ4v) is 3.70. The average molecular weight is 290 g/mol. The van der Waals surface area contributed by atoms with Crippen LogP contribution in [0.2, 0.25) is 0 Å². The molecular formula is C20H22N2. The summed E-state index contributed by atoms with van der Waals surface area (Å²) in [7, 11) is 0. The van der Waals surface area contributed by atoms with E-state index in [0.29, 0.717) is 0 Å². The number of nitrogens with zero attached hydrogens (tertiary/aromatic N) is 1. The lowest BCUT2D eigenvalue weighted by Gasteiger charge is -2.24. The van der Waals surface area contributed by atoms with Crippen LogP contribution in [0.5, 0.6) is 0 Å². The van der Waals surface area contributed by atoms with Gasteiger partial charge in [-0.05, 0) is 67.9 Å². The first kappa shape index (κ1) is 13.6. The zero-order chi connectivity index (χ0) is 15.3. The first-order valence-corrected chi connectivity index (χ1v) is 8.19. The molecule has 1 aliphatic carbocycles. The highest BCUT2D eigenvalue weighted by Crippen LogP contribution is 2.36. The number of hydrogen-bond donors (Lipinski definition) is 1. The van der Waals surface area contributed by atoms with Crippen molar-refractivity contribution in [1.82, 2.24) is 4.98 Å². The molecule has 2 heterocycles. The Morgan fingerprint density at radius 1 is 1.23 bits per heavy atom. The van der Waals surface area contributed by atoms with E-state index in [4.69, 9.17) is 4.99 Å². The number of aromatic nitrogens is 1. The van der Waals surface area contributed by atoms with Crippen LogP contribution in [0.1, 0.15) is 49.9 Å². The maximum absolute atomic E-state index is 4.89. The molecule has 1 aromatic carbocycles. The Kier molecular flexibility index (Phi) is 3.07. The summed E-state index contributed by atoms with van der Waals surface area (Å²) in [6.07, 6.45) is 7.91. The van der Waals surface area contributed by atoms with Gasteiger partial charge in [-0.15, -0.1) is 0 Å². The van der Waals surface area contributed by atoms with Gasteiger partial charge in [0.15, 0.2) is 0 Å². The monoisotopic (exact) mass is 290 g/mol. The Labute approximate surface area is 131 Å². The molecule has 1 aromatic heterocycles. The van der Waals surface area contributed by atoms with Gasteiger partial charge in [-0.25, -0.2) is 0 Å². The van der Waals surface area contributed by atoms with Gasteiger partial charge in [0.1, 0.15) is 0 Å². The summed E-state index contributed by atoms with van der Waals surface area (Å²) in [5, 5.41) is 1.27. The molecule has 0 fully saturated rings. The minimum absolute atomic E-state index is 0.744. The summed E-state index contributed by atoms with van der Waals surface area (Å²) >= 11 is 0. The molecule has 1 unspecified atom stereocenters. The van der Waals surface area contributed by atoms with Crippen molar-refractivity contribution in [2.24, 2.45) is 10.9 Å². The molecule has 1 aliphatic heterocycles. The van der Waals surface area contributed by atoms with Crippen molar-refractivity contribution < 1.29 is 0 Å². The van der Waals surface area contributed by atoms with Crippen LogP contribution >= 0.6 is 0 Å². The Morgan fingerprint density at radius 2 is 2.09 bits per heavy atom. The number of aryl methyl sites for hydroxylation is 1. The van der Waals surface area contributed by atoms with E-state index in [2.05, 4.69) is 56.2 Å². The van der Waals surface area contributed by atoms with Gasteiger partial charge in [0.05, 0.1) is 0 Å². The zero-order valence-electron chi connectivity index (χ0n) is 13.5. The van der Waals surface area contributed by atoms with Crippen LogP contribution < -0.4 is 0 Å². The summed E-state index contributed by atoms with van der Waals surface area (Å²) in [4.78, 5) is 8.46. The molecule has 2 nitrogen and oxygen atoms in total. The Bertz CT molecular complexity index is 846. The van der Waals surface area contributed by atoms with Crippen molar-refractivity contribution in [3.05, 3.63) is 51.9 Å². The molecule has 0 amide bonds. The normalized spacial score (nSPS) is 23.6. The maximum Gasteiger partial charge on any atom is 0.0483 e. The van der Waals surface area contributed by atoms with Crippen LogP contribution in [0, 0.1) is 12.8 Å². The molecular weight excluding hydrogens is 268 g/mol. The largest absolute Gasteiger partial charge is 0.354 e. The van der Waals surface area contributed by atoms with Crippen LogP contribution in [0.4, 0.5) is 0 Å². The third kappa shape index (κ3) is 2.14. The predicted molar refractivity (Wildman–Crippen MR) is 94.3 cm³/mol. The quantitative estimate of drug-likeness (QED) is 0.674. The number of aromatic amines is 1. The second-order valence-corrected chi connectivity index (χ2v) is 6.86. The molecule has 0 bridgehead atoms. The number of allylic oxidation sites excluding steroid dienone is 3. The molecule has 2 aliphatic rings. The lowest BCUT2D eigenvalue weighted by atomic mass is 9.85. The fourth-order valence-electron chi connectivity index (χ4n) is 3.70. The van der Waals surface area contributed by atoms with E-state index in [9.17, 15) is 0 Å². The molecule has 0 saturated heterocycles. The average Bonchev–Trinajstić information content (AvgIpc) is 2.79. The Hall–Kier alpha value is -2.09. The van der Waals surface area contributed by atoms with Crippen LogP contribution in [0.25, 0.3) is 17.0 Å². The minimum Gasteiger partial charge on any atom is -0.354 e. The summed E-state index contributed by atoms with van der Waals surface area (Å²) in [6, 6.07) is 6.59. The van der Waals surface area contributed by atoms with Crippen LogP contribution in [0.15, 0.2) is 40.0 Å². The second kappa shape index (κ2) is 4.98. The van der Waals surface area contributed by atoms with Gasteiger partial charge in [0.2, 0.25) is 0 Å². The Morgan fingerprint density at radius 3 is 2.95 bits per heavy atom. The smallest absolute Gasteiger partial charge is 0.0483 e. The van der Waals surface area contributed by atoms with Crippen LogP contribution in [-0.2, 0) is 0 Å². The van der Waals surface area contributed by atoms with E-state index in [1.54, 1.807) is 0 Å². The second-order valence-electron chi connectivity index (χ2n) is 6.86. The summed E-state index contributed by atoms with van der Waals surface area (Å²) in [5.74, 6) is 0.744. The van der Waals surface area contributed by atoms with Gasteiger partial charge in [-0.3, -0.25) is 4.99 Å². The molecule has 0 saturated carbocycles. The van der Waals surface area contributed by atoms with Crippen molar-refractivity contribution in [3.63, 3.8) is 0 Å². The van der Waals surface area contributed by atoms with Crippen LogP contribution in [0.3, 0.4) is 0 Å². The van der Waals surface area contributed by atoms with Gasteiger partial charge in [-0.2, -0.15) is 0 Å². The van der Waals surface area contributed by atoms with Crippen molar-refractivity contribution >= 4 is 23.2 Å². The van der Waals surface area contributed by atoms with Crippen LogP contribution in [-0.4, -0.2) is 11.2 Å². The van der Waals surface area contributed by atoms with E-state index in [1.807, 2.05) is 0 Å².